The third-order valence-corrected chi connectivity index (χ3v) is 5.78. The summed E-state index contributed by atoms with van der Waals surface area (Å²) in [5, 5.41) is 3.01. The van der Waals surface area contributed by atoms with Crippen LogP contribution in [0.3, 0.4) is 0 Å². The van der Waals surface area contributed by atoms with Gasteiger partial charge in [-0.3, -0.25) is 4.79 Å². The Bertz CT molecular complexity index is 624. The SMILES string of the molecule is CCCO[C@@](C)(CC(C)C)C(=O)Nc1ccc(OCCCN2CCC(C)CC2)cc1. The molecule has 1 heterocycles. The number of benzene rings is 1. The number of carbonyl (C=O) groups excluding carboxylic acids is 1. The van der Waals surface area contributed by atoms with Gasteiger partial charge in [-0.25, -0.2) is 0 Å². The van der Waals surface area contributed by atoms with Crippen molar-refractivity contribution in [2.24, 2.45) is 11.8 Å². The molecule has 1 saturated heterocycles. The molecule has 5 heteroatoms. The zero-order valence-corrected chi connectivity index (χ0v) is 19.7. The minimum Gasteiger partial charge on any atom is -0.494 e. The molecule has 1 N–H and O–H groups in total. The molecule has 1 atom stereocenters. The van der Waals surface area contributed by atoms with Crippen LogP contribution < -0.4 is 10.1 Å². The average molecular weight is 419 g/mol. The number of piperidine rings is 1. The number of nitrogens with zero attached hydrogens (tertiary/aromatic N) is 1. The molecule has 0 saturated carbocycles. The first-order valence-corrected chi connectivity index (χ1v) is 11.7. The number of anilines is 1. The second-order valence-electron chi connectivity index (χ2n) is 9.38. The molecule has 0 unspecified atom stereocenters. The molecule has 0 radical (unpaired) electrons. The fraction of sp³-hybridized carbons (Fsp3) is 0.720. The molecule has 1 aliphatic rings. The van der Waals surface area contributed by atoms with Crippen LogP contribution in [0.15, 0.2) is 24.3 Å². The van der Waals surface area contributed by atoms with Crippen LogP contribution in [-0.4, -0.2) is 49.3 Å². The standard InChI is InChI=1S/C25H42N2O3/c1-6-17-30-25(5,19-20(2)3)24(28)26-22-8-10-23(11-9-22)29-18-7-14-27-15-12-21(4)13-16-27/h8-11,20-21H,6-7,12-19H2,1-5H3,(H,26,28)/t25-/m0/s1. The summed E-state index contributed by atoms with van der Waals surface area (Å²) in [7, 11) is 0. The highest BCUT2D eigenvalue weighted by Crippen LogP contribution is 2.25. The molecule has 1 amide bonds. The van der Waals surface area contributed by atoms with Gasteiger partial charge in [0, 0.05) is 18.8 Å². The van der Waals surface area contributed by atoms with Crippen LogP contribution in [0.5, 0.6) is 5.75 Å². The minimum absolute atomic E-state index is 0.0887. The molecule has 1 aliphatic heterocycles. The molecule has 5 nitrogen and oxygen atoms in total. The van der Waals surface area contributed by atoms with E-state index in [1.54, 1.807) is 0 Å². The van der Waals surface area contributed by atoms with E-state index in [1.165, 1.54) is 25.9 Å². The molecular formula is C25H42N2O3. The third-order valence-electron chi connectivity index (χ3n) is 5.78. The predicted molar refractivity (Wildman–Crippen MR) is 124 cm³/mol. The Hall–Kier alpha value is -1.59. The number of nitrogens with one attached hydrogen (secondary N) is 1. The van der Waals surface area contributed by atoms with E-state index in [2.05, 4.69) is 37.9 Å². The lowest BCUT2D eigenvalue weighted by Gasteiger charge is -2.30. The van der Waals surface area contributed by atoms with Gasteiger partial charge in [0.25, 0.3) is 5.91 Å². The van der Waals surface area contributed by atoms with E-state index in [0.717, 1.165) is 43.3 Å². The van der Waals surface area contributed by atoms with Gasteiger partial charge >= 0.3 is 0 Å². The van der Waals surface area contributed by atoms with Crippen molar-refractivity contribution in [1.82, 2.24) is 4.90 Å². The highest BCUT2D eigenvalue weighted by atomic mass is 16.5. The highest BCUT2D eigenvalue weighted by molar-refractivity contribution is 5.97. The van der Waals surface area contributed by atoms with Gasteiger partial charge in [-0.2, -0.15) is 0 Å². The molecule has 1 fully saturated rings. The monoisotopic (exact) mass is 418 g/mol. The smallest absolute Gasteiger partial charge is 0.256 e. The van der Waals surface area contributed by atoms with Crippen molar-refractivity contribution in [3.63, 3.8) is 0 Å². The topological polar surface area (TPSA) is 50.8 Å². The zero-order valence-electron chi connectivity index (χ0n) is 19.7. The fourth-order valence-corrected chi connectivity index (χ4v) is 3.99. The molecule has 1 aromatic carbocycles. The second kappa shape index (κ2) is 12.3. The molecule has 0 aliphatic carbocycles. The number of hydrogen-bond acceptors (Lipinski definition) is 4. The van der Waals surface area contributed by atoms with Gasteiger partial charge in [-0.15, -0.1) is 0 Å². The second-order valence-corrected chi connectivity index (χ2v) is 9.38. The van der Waals surface area contributed by atoms with Gasteiger partial charge in [0.1, 0.15) is 11.4 Å². The normalized spacial score (nSPS) is 17.7. The lowest BCUT2D eigenvalue weighted by Crippen LogP contribution is -2.44. The predicted octanol–water partition coefficient (Wildman–Crippen LogP) is 5.36. The van der Waals surface area contributed by atoms with Crippen molar-refractivity contribution in [2.75, 3.05) is 38.2 Å². The van der Waals surface area contributed by atoms with Crippen molar-refractivity contribution in [3.05, 3.63) is 24.3 Å². The maximum atomic E-state index is 12.9. The van der Waals surface area contributed by atoms with Crippen LogP contribution in [0.4, 0.5) is 5.69 Å². The largest absolute Gasteiger partial charge is 0.494 e. The number of rotatable bonds is 12. The van der Waals surface area contributed by atoms with E-state index < -0.39 is 5.60 Å². The van der Waals surface area contributed by atoms with Crippen molar-refractivity contribution >= 4 is 11.6 Å². The molecule has 170 valence electrons. The van der Waals surface area contributed by atoms with Crippen LogP contribution in [0.1, 0.15) is 66.7 Å². The summed E-state index contributed by atoms with van der Waals surface area (Å²) in [5.41, 5.74) is -0.0455. The Morgan fingerprint density at radius 1 is 1.20 bits per heavy atom. The molecule has 1 aromatic rings. The Labute approximate surface area is 183 Å². The summed E-state index contributed by atoms with van der Waals surface area (Å²) in [6.07, 6.45) is 5.25. The maximum Gasteiger partial charge on any atom is 0.256 e. The van der Waals surface area contributed by atoms with E-state index in [4.69, 9.17) is 9.47 Å². The van der Waals surface area contributed by atoms with Crippen molar-refractivity contribution in [2.45, 2.75) is 72.3 Å². The lowest BCUT2D eigenvalue weighted by molar-refractivity contribution is -0.141. The Morgan fingerprint density at radius 3 is 2.47 bits per heavy atom. The summed E-state index contributed by atoms with van der Waals surface area (Å²) in [6, 6.07) is 7.64. The molecule has 2 rings (SSSR count). The van der Waals surface area contributed by atoms with Crippen molar-refractivity contribution in [1.29, 1.82) is 0 Å². The van der Waals surface area contributed by atoms with Crippen LogP contribution in [-0.2, 0) is 9.53 Å². The maximum absolute atomic E-state index is 12.9. The van der Waals surface area contributed by atoms with Gasteiger partial charge < -0.3 is 19.7 Å². The van der Waals surface area contributed by atoms with Gasteiger partial charge in [-0.05, 0) is 88.2 Å². The van der Waals surface area contributed by atoms with E-state index in [0.29, 0.717) is 18.9 Å². The average Bonchev–Trinajstić information content (AvgIpc) is 2.71. The van der Waals surface area contributed by atoms with E-state index >= 15 is 0 Å². The van der Waals surface area contributed by atoms with Gasteiger partial charge in [0.2, 0.25) is 0 Å². The number of carbonyl (C=O) groups is 1. The summed E-state index contributed by atoms with van der Waals surface area (Å²) in [5.74, 6) is 2.00. The van der Waals surface area contributed by atoms with E-state index in [9.17, 15) is 4.79 Å². The molecule has 0 aromatic heterocycles. The Kier molecular flexibility index (Phi) is 10.1. The summed E-state index contributed by atoms with van der Waals surface area (Å²) < 4.78 is 11.8. The summed E-state index contributed by atoms with van der Waals surface area (Å²) in [6.45, 7) is 15.3. The number of amides is 1. The zero-order chi connectivity index (χ0) is 22.0. The summed E-state index contributed by atoms with van der Waals surface area (Å²) >= 11 is 0. The van der Waals surface area contributed by atoms with Gasteiger partial charge in [0.05, 0.1) is 6.61 Å². The molecule has 0 spiro atoms. The molecular weight excluding hydrogens is 376 g/mol. The van der Waals surface area contributed by atoms with E-state index in [1.807, 2.05) is 31.2 Å². The van der Waals surface area contributed by atoms with Crippen molar-refractivity contribution in [3.8, 4) is 5.75 Å². The summed E-state index contributed by atoms with van der Waals surface area (Å²) in [4.78, 5) is 15.4. The van der Waals surface area contributed by atoms with Crippen molar-refractivity contribution < 1.29 is 14.3 Å². The quantitative estimate of drug-likeness (QED) is 0.465. The van der Waals surface area contributed by atoms with Gasteiger partial charge in [-0.1, -0.05) is 27.7 Å². The first-order valence-electron chi connectivity index (χ1n) is 11.7. The van der Waals surface area contributed by atoms with E-state index in [-0.39, 0.29) is 5.91 Å². The van der Waals surface area contributed by atoms with Gasteiger partial charge in [0.15, 0.2) is 0 Å². The highest BCUT2D eigenvalue weighted by Gasteiger charge is 2.34. The first-order chi connectivity index (χ1) is 14.3. The van der Waals surface area contributed by atoms with Crippen LogP contribution in [0.2, 0.25) is 0 Å². The fourth-order valence-electron chi connectivity index (χ4n) is 3.99. The molecule has 30 heavy (non-hydrogen) atoms. The third kappa shape index (κ3) is 8.27. The number of ether oxygens (including phenoxy) is 2. The lowest BCUT2D eigenvalue weighted by atomic mass is 9.93. The minimum atomic E-state index is -0.814. The van der Waals surface area contributed by atoms with Crippen LogP contribution in [0.25, 0.3) is 0 Å². The number of likely N-dealkylation sites (tertiary alicyclic amines) is 1. The number of hydrogen-bond donors (Lipinski definition) is 1. The Morgan fingerprint density at radius 2 is 1.87 bits per heavy atom. The van der Waals surface area contributed by atoms with Crippen LogP contribution in [0, 0.1) is 11.8 Å². The first kappa shape index (κ1) is 24.7. The van der Waals surface area contributed by atoms with Crippen LogP contribution >= 0.6 is 0 Å². The Balaban J connectivity index is 1.77. The molecule has 0 bridgehead atoms.